The van der Waals surface area contributed by atoms with Crippen molar-refractivity contribution in [2.24, 2.45) is 0 Å². The number of benzene rings is 1. The number of anilines is 1. The Morgan fingerprint density at radius 2 is 2.08 bits per heavy atom. The third kappa shape index (κ3) is 2.44. The van der Waals surface area contributed by atoms with Gasteiger partial charge in [0.1, 0.15) is 0 Å². The van der Waals surface area contributed by atoms with Crippen LogP contribution < -0.4 is 4.90 Å². The molecule has 0 radical (unpaired) electrons. The highest BCUT2D eigenvalue weighted by atomic mass is 16.5. The second-order valence-electron chi connectivity index (χ2n) is 6.27. The lowest BCUT2D eigenvalue weighted by Crippen LogP contribution is -2.42. The van der Waals surface area contributed by atoms with Gasteiger partial charge >= 0.3 is 6.01 Å². The largest absolute Gasteiger partial charge is 0.491 e. The van der Waals surface area contributed by atoms with E-state index in [1.54, 1.807) is 6.92 Å². The molecular formula is C19H20N2O3. The maximum absolute atomic E-state index is 9.90. The van der Waals surface area contributed by atoms with Crippen molar-refractivity contribution >= 4 is 6.01 Å². The van der Waals surface area contributed by atoms with Crippen molar-refractivity contribution < 1.29 is 14.3 Å². The summed E-state index contributed by atoms with van der Waals surface area (Å²) in [5.41, 5.74) is 2.43. The van der Waals surface area contributed by atoms with Crippen LogP contribution in [0.15, 0.2) is 28.7 Å². The van der Waals surface area contributed by atoms with E-state index < -0.39 is 0 Å². The van der Waals surface area contributed by atoms with Gasteiger partial charge in [-0.05, 0) is 30.9 Å². The maximum Gasteiger partial charge on any atom is 0.300 e. The fourth-order valence-corrected chi connectivity index (χ4v) is 3.61. The van der Waals surface area contributed by atoms with Gasteiger partial charge in [0, 0.05) is 13.1 Å². The molecule has 4 rings (SSSR count). The zero-order valence-corrected chi connectivity index (χ0v) is 13.7. The first kappa shape index (κ1) is 15.1. The van der Waals surface area contributed by atoms with Crippen LogP contribution in [0.5, 0.6) is 5.88 Å². The molecule has 3 heterocycles. The number of piperidine rings is 1. The minimum atomic E-state index is -0.182. The van der Waals surface area contributed by atoms with Gasteiger partial charge in [-0.3, -0.25) is 0 Å². The Kier molecular flexibility index (Phi) is 3.70. The highest BCUT2D eigenvalue weighted by Gasteiger charge is 2.43. The molecule has 0 amide bonds. The second kappa shape index (κ2) is 5.88. The molecule has 0 bridgehead atoms. The molecule has 124 valence electrons. The van der Waals surface area contributed by atoms with Crippen LogP contribution in [0.4, 0.5) is 6.01 Å². The van der Waals surface area contributed by atoms with E-state index in [2.05, 4.69) is 46.0 Å². The number of oxazole rings is 1. The van der Waals surface area contributed by atoms with E-state index in [0.717, 1.165) is 25.9 Å². The maximum atomic E-state index is 9.90. The van der Waals surface area contributed by atoms with Crippen LogP contribution in [-0.4, -0.2) is 23.2 Å². The Morgan fingerprint density at radius 1 is 1.29 bits per heavy atom. The summed E-state index contributed by atoms with van der Waals surface area (Å²) in [5.74, 6) is 6.06. The molecule has 5 heteroatoms. The summed E-state index contributed by atoms with van der Waals surface area (Å²) in [4.78, 5) is 6.22. The van der Waals surface area contributed by atoms with Crippen molar-refractivity contribution in [1.29, 1.82) is 0 Å². The van der Waals surface area contributed by atoms with Gasteiger partial charge < -0.3 is 19.2 Å². The molecule has 1 spiro atoms. The fourth-order valence-electron chi connectivity index (χ4n) is 3.61. The van der Waals surface area contributed by atoms with Crippen molar-refractivity contribution in [3.8, 4) is 17.7 Å². The zero-order valence-electron chi connectivity index (χ0n) is 13.7. The molecule has 0 unspecified atom stereocenters. The average molecular weight is 324 g/mol. The van der Waals surface area contributed by atoms with Gasteiger partial charge in [0.2, 0.25) is 0 Å². The van der Waals surface area contributed by atoms with Crippen molar-refractivity contribution in [2.75, 3.05) is 18.0 Å². The van der Waals surface area contributed by atoms with E-state index >= 15 is 0 Å². The molecule has 1 saturated heterocycles. The molecule has 24 heavy (non-hydrogen) atoms. The lowest BCUT2D eigenvalue weighted by molar-refractivity contribution is -0.0555. The Balaban J connectivity index is 1.50. The molecular weight excluding hydrogens is 304 g/mol. The average Bonchev–Trinajstić information content (AvgIpc) is 3.16. The topological polar surface area (TPSA) is 58.7 Å². The van der Waals surface area contributed by atoms with Crippen LogP contribution >= 0.6 is 0 Å². The Hall–Kier alpha value is -2.45. The van der Waals surface area contributed by atoms with Crippen LogP contribution in [0.3, 0.4) is 0 Å². The summed E-state index contributed by atoms with van der Waals surface area (Å²) >= 11 is 0. The van der Waals surface area contributed by atoms with E-state index in [-0.39, 0.29) is 11.5 Å². The molecule has 2 aliphatic heterocycles. The van der Waals surface area contributed by atoms with Crippen LogP contribution in [-0.2, 0) is 23.4 Å². The monoisotopic (exact) mass is 324 g/mol. The Bertz CT molecular complexity index is 808. The van der Waals surface area contributed by atoms with E-state index in [9.17, 15) is 5.11 Å². The van der Waals surface area contributed by atoms with Crippen LogP contribution in [0.25, 0.3) is 0 Å². The lowest BCUT2D eigenvalue weighted by Gasteiger charge is -2.38. The summed E-state index contributed by atoms with van der Waals surface area (Å²) < 4.78 is 11.9. The second-order valence-corrected chi connectivity index (χ2v) is 6.27. The molecule has 0 atom stereocenters. The fraction of sp³-hybridized carbons (Fsp3) is 0.421. The molecule has 1 aromatic carbocycles. The van der Waals surface area contributed by atoms with Crippen LogP contribution in [0.1, 0.15) is 36.7 Å². The first-order valence-electron chi connectivity index (χ1n) is 8.27. The van der Waals surface area contributed by atoms with E-state index in [0.29, 0.717) is 24.8 Å². The summed E-state index contributed by atoms with van der Waals surface area (Å²) in [6.07, 6.45) is 2.15. The number of ether oxygens (including phenoxy) is 1. The number of hydrogen-bond donors (Lipinski definition) is 1. The number of fused-ring (bicyclic) bond motifs is 2. The lowest BCUT2D eigenvalue weighted by atomic mass is 9.84. The van der Waals surface area contributed by atoms with Crippen molar-refractivity contribution in [2.45, 2.75) is 38.4 Å². The van der Waals surface area contributed by atoms with Crippen molar-refractivity contribution in [3.63, 3.8) is 0 Å². The van der Waals surface area contributed by atoms with Crippen LogP contribution in [0.2, 0.25) is 0 Å². The quantitative estimate of drug-likeness (QED) is 0.861. The molecule has 2 aromatic rings. The predicted octanol–water partition coefficient (Wildman–Crippen LogP) is 2.97. The van der Waals surface area contributed by atoms with Gasteiger partial charge in [-0.2, -0.15) is 4.98 Å². The van der Waals surface area contributed by atoms with Crippen LogP contribution in [0, 0.1) is 11.8 Å². The van der Waals surface area contributed by atoms with Gasteiger partial charge in [0.05, 0.1) is 18.6 Å². The number of aromatic nitrogens is 1. The summed E-state index contributed by atoms with van der Waals surface area (Å²) in [6, 6.07) is 8.93. The first-order valence-corrected chi connectivity index (χ1v) is 8.27. The Labute approximate surface area is 141 Å². The first-order chi connectivity index (χ1) is 11.7. The van der Waals surface area contributed by atoms with Gasteiger partial charge in [0.25, 0.3) is 5.88 Å². The number of rotatable bonds is 2. The summed E-state index contributed by atoms with van der Waals surface area (Å²) in [6.45, 7) is 4.02. The molecule has 0 saturated carbocycles. The van der Waals surface area contributed by atoms with Crippen molar-refractivity contribution in [1.82, 2.24) is 4.98 Å². The molecule has 2 aliphatic rings. The smallest absolute Gasteiger partial charge is 0.300 e. The van der Waals surface area contributed by atoms with E-state index in [4.69, 9.17) is 9.15 Å². The van der Waals surface area contributed by atoms with Gasteiger partial charge in [-0.25, -0.2) is 0 Å². The molecule has 1 N–H and O–H groups in total. The van der Waals surface area contributed by atoms with Gasteiger partial charge in [0.15, 0.2) is 5.76 Å². The highest BCUT2D eigenvalue weighted by molar-refractivity contribution is 5.39. The van der Waals surface area contributed by atoms with Gasteiger partial charge in [-0.1, -0.05) is 30.2 Å². The number of hydrogen-bond acceptors (Lipinski definition) is 5. The molecule has 1 aromatic heterocycles. The third-order valence-corrected chi connectivity index (χ3v) is 4.94. The standard InChI is InChI=1S/C19H20N2O3/c1-2-3-8-16-17(22)20-18(24-16)21-11-9-19(10-12-21)15-7-5-4-6-14(15)13-23-19/h4-7,22H,8-13H2,1H3. The SMILES string of the molecule is CC#CCc1oc(N2CCC3(CC2)OCc2ccccc23)nc1O. The third-order valence-electron chi connectivity index (χ3n) is 4.94. The van der Waals surface area contributed by atoms with E-state index in [1.165, 1.54) is 11.1 Å². The summed E-state index contributed by atoms with van der Waals surface area (Å²) in [7, 11) is 0. The predicted molar refractivity (Wildman–Crippen MR) is 89.7 cm³/mol. The minimum Gasteiger partial charge on any atom is -0.491 e. The number of nitrogens with zero attached hydrogens (tertiary/aromatic N) is 2. The van der Waals surface area contributed by atoms with Gasteiger partial charge in [-0.15, -0.1) is 5.92 Å². The zero-order chi connectivity index (χ0) is 16.6. The normalized spacial score (nSPS) is 18.3. The molecule has 5 nitrogen and oxygen atoms in total. The van der Waals surface area contributed by atoms with Crippen molar-refractivity contribution in [3.05, 3.63) is 41.2 Å². The molecule has 0 aliphatic carbocycles. The Morgan fingerprint density at radius 3 is 2.88 bits per heavy atom. The molecule has 1 fully saturated rings. The van der Waals surface area contributed by atoms with E-state index in [1.807, 2.05) is 0 Å². The summed E-state index contributed by atoms with van der Waals surface area (Å²) in [5, 5.41) is 9.90. The highest BCUT2D eigenvalue weighted by Crippen LogP contribution is 2.44. The minimum absolute atomic E-state index is 0.0597. The number of aromatic hydroxyl groups is 1.